The van der Waals surface area contributed by atoms with Gasteiger partial charge in [-0.25, -0.2) is 0 Å². The molecule has 0 spiro atoms. The topological polar surface area (TPSA) is 66.9 Å². The molecule has 4 aromatic rings. The van der Waals surface area contributed by atoms with Gasteiger partial charge >= 0.3 is 0 Å². The van der Waals surface area contributed by atoms with Crippen molar-refractivity contribution in [1.29, 1.82) is 0 Å². The molecule has 2 heterocycles. The highest BCUT2D eigenvalue weighted by molar-refractivity contribution is 6.40. The van der Waals surface area contributed by atoms with Crippen LogP contribution in [0.2, 0.25) is 10.0 Å². The van der Waals surface area contributed by atoms with E-state index in [2.05, 4.69) is 20.6 Å². The van der Waals surface area contributed by atoms with Crippen LogP contribution in [-0.4, -0.2) is 15.9 Å². The molecule has 0 fully saturated rings. The van der Waals surface area contributed by atoms with Gasteiger partial charge in [-0.05, 0) is 35.9 Å². The number of halogens is 2. The van der Waals surface area contributed by atoms with Crippen molar-refractivity contribution in [3.8, 4) is 0 Å². The van der Waals surface area contributed by atoms with Gasteiger partial charge in [-0.2, -0.15) is 0 Å². The van der Waals surface area contributed by atoms with E-state index in [0.29, 0.717) is 27.8 Å². The van der Waals surface area contributed by atoms with Crippen molar-refractivity contribution in [2.45, 2.75) is 6.54 Å². The predicted octanol–water partition coefficient (Wildman–Crippen LogP) is 5.80. The number of rotatable bonds is 5. The Morgan fingerprint density at radius 2 is 1.69 bits per heavy atom. The average Bonchev–Trinajstić information content (AvgIpc) is 2.73. The maximum atomic E-state index is 12.8. The van der Waals surface area contributed by atoms with E-state index in [1.165, 1.54) is 0 Å². The largest absolute Gasteiger partial charge is 0.380 e. The van der Waals surface area contributed by atoms with Crippen LogP contribution in [0.15, 0.2) is 73.2 Å². The van der Waals surface area contributed by atoms with Gasteiger partial charge < -0.3 is 10.6 Å². The van der Waals surface area contributed by atoms with Crippen LogP contribution in [0, 0.1) is 0 Å². The summed E-state index contributed by atoms with van der Waals surface area (Å²) in [4.78, 5) is 21.3. The summed E-state index contributed by atoms with van der Waals surface area (Å²) in [5, 5.41) is 7.75. The number of amides is 1. The summed E-state index contributed by atoms with van der Waals surface area (Å²) in [5.74, 6) is -0.386. The molecule has 0 saturated heterocycles. The van der Waals surface area contributed by atoms with Crippen molar-refractivity contribution in [1.82, 2.24) is 9.97 Å². The zero-order chi connectivity index (χ0) is 20.2. The highest BCUT2D eigenvalue weighted by Gasteiger charge is 2.16. The van der Waals surface area contributed by atoms with Crippen LogP contribution in [0.3, 0.4) is 0 Å². The highest BCUT2D eigenvalue weighted by atomic mass is 35.5. The third kappa shape index (κ3) is 4.16. The van der Waals surface area contributed by atoms with Gasteiger partial charge in [0.1, 0.15) is 0 Å². The Morgan fingerprint density at radius 3 is 2.45 bits per heavy atom. The van der Waals surface area contributed by atoms with E-state index in [4.69, 9.17) is 23.2 Å². The van der Waals surface area contributed by atoms with Crippen molar-refractivity contribution < 1.29 is 4.79 Å². The Labute approximate surface area is 177 Å². The van der Waals surface area contributed by atoms with Gasteiger partial charge in [0.05, 0.1) is 26.8 Å². The molecule has 1 amide bonds. The van der Waals surface area contributed by atoms with E-state index >= 15 is 0 Å². The maximum absolute atomic E-state index is 12.8. The second-order valence-electron chi connectivity index (χ2n) is 6.33. The fourth-order valence-electron chi connectivity index (χ4n) is 3.03. The van der Waals surface area contributed by atoms with Crippen molar-refractivity contribution in [2.24, 2.45) is 0 Å². The quantitative estimate of drug-likeness (QED) is 0.426. The molecular weight excluding hydrogens is 407 g/mol. The summed E-state index contributed by atoms with van der Waals surface area (Å²) in [6.45, 7) is 0.624. The first-order valence-electron chi connectivity index (χ1n) is 8.89. The molecule has 2 aromatic heterocycles. The number of carbonyl (C=O) groups excluding carboxylic acids is 1. The smallest absolute Gasteiger partial charge is 0.258 e. The fourth-order valence-corrected chi connectivity index (χ4v) is 3.60. The minimum atomic E-state index is -0.386. The summed E-state index contributed by atoms with van der Waals surface area (Å²) < 4.78 is 0. The summed E-state index contributed by atoms with van der Waals surface area (Å²) >= 11 is 12.3. The lowest BCUT2D eigenvalue weighted by Crippen LogP contribution is -2.13. The Kier molecular flexibility index (Phi) is 5.60. The van der Waals surface area contributed by atoms with Gasteiger partial charge in [-0.1, -0.05) is 47.5 Å². The Morgan fingerprint density at radius 1 is 0.897 bits per heavy atom. The van der Waals surface area contributed by atoms with Crippen LogP contribution >= 0.6 is 23.2 Å². The molecule has 0 saturated carbocycles. The number of hydrogen-bond donors (Lipinski definition) is 2. The molecule has 5 nitrogen and oxygen atoms in total. The molecule has 0 unspecified atom stereocenters. The number of fused-ring (bicyclic) bond motifs is 1. The molecule has 2 aromatic carbocycles. The van der Waals surface area contributed by atoms with Gasteiger partial charge in [-0.15, -0.1) is 0 Å². The van der Waals surface area contributed by atoms with Crippen LogP contribution in [0.1, 0.15) is 15.9 Å². The van der Waals surface area contributed by atoms with Crippen LogP contribution < -0.4 is 10.6 Å². The zero-order valence-electron chi connectivity index (χ0n) is 15.2. The number of nitrogens with one attached hydrogen (secondary N) is 2. The number of benzene rings is 2. The lowest BCUT2D eigenvalue weighted by Gasteiger charge is -2.13. The minimum Gasteiger partial charge on any atom is -0.380 e. The highest BCUT2D eigenvalue weighted by Crippen LogP contribution is 2.30. The SMILES string of the molecule is O=C(Nc1cccc2c(NCc3cccnc3)ccnc12)c1c(Cl)cccc1Cl. The van der Waals surface area contributed by atoms with Crippen molar-refractivity contribution >= 4 is 51.4 Å². The van der Waals surface area contributed by atoms with E-state index < -0.39 is 0 Å². The standard InChI is InChI=1S/C22H16Cl2N4O/c23-16-6-2-7-17(24)20(16)22(29)28-19-8-1-5-15-18(9-11-26-21(15)19)27-13-14-4-3-10-25-12-14/h1-12H,13H2,(H,26,27)(H,28,29). The molecule has 7 heteroatoms. The van der Waals surface area contributed by atoms with Crippen molar-refractivity contribution in [3.05, 3.63) is 94.4 Å². The van der Waals surface area contributed by atoms with E-state index in [-0.39, 0.29) is 11.5 Å². The first kappa shape index (κ1) is 19.2. The number of anilines is 2. The Bertz CT molecular complexity index is 1160. The number of hydrogen-bond acceptors (Lipinski definition) is 4. The molecule has 0 aliphatic carbocycles. The van der Waals surface area contributed by atoms with Gasteiger partial charge in [0.25, 0.3) is 5.91 Å². The summed E-state index contributed by atoms with van der Waals surface area (Å²) in [6, 6.07) is 16.4. The summed E-state index contributed by atoms with van der Waals surface area (Å²) in [5.41, 5.74) is 3.45. The van der Waals surface area contributed by atoms with Gasteiger partial charge in [0, 0.05) is 36.2 Å². The Balaban J connectivity index is 1.63. The fraction of sp³-hybridized carbons (Fsp3) is 0.0455. The van der Waals surface area contributed by atoms with E-state index in [1.54, 1.807) is 36.7 Å². The molecule has 0 bridgehead atoms. The molecule has 0 atom stereocenters. The monoisotopic (exact) mass is 422 g/mol. The van der Waals surface area contributed by atoms with Gasteiger partial charge in [0.2, 0.25) is 0 Å². The van der Waals surface area contributed by atoms with Crippen LogP contribution in [0.25, 0.3) is 10.9 Å². The lowest BCUT2D eigenvalue weighted by atomic mass is 10.1. The number of para-hydroxylation sites is 1. The number of nitrogens with zero attached hydrogens (tertiary/aromatic N) is 2. The second kappa shape index (κ2) is 8.47. The first-order valence-corrected chi connectivity index (χ1v) is 9.65. The first-order chi connectivity index (χ1) is 14.1. The summed E-state index contributed by atoms with van der Waals surface area (Å²) in [6.07, 6.45) is 5.26. The molecule has 144 valence electrons. The van der Waals surface area contributed by atoms with E-state index in [0.717, 1.165) is 16.6 Å². The normalized spacial score (nSPS) is 10.7. The zero-order valence-corrected chi connectivity index (χ0v) is 16.7. The third-order valence-corrected chi connectivity index (χ3v) is 5.04. The van der Waals surface area contributed by atoms with Crippen molar-refractivity contribution in [2.75, 3.05) is 10.6 Å². The number of carbonyl (C=O) groups is 1. The van der Waals surface area contributed by atoms with Gasteiger partial charge in [0.15, 0.2) is 0 Å². The van der Waals surface area contributed by atoms with Crippen molar-refractivity contribution in [3.63, 3.8) is 0 Å². The molecular formula is C22H16Cl2N4O. The number of aromatic nitrogens is 2. The minimum absolute atomic E-state index is 0.235. The molecule has 29 heavy (non-hydrogen) atoms. The average molecular weight is 423 g/mol. The summed E-state index contributed by atoms with van der Waals surface area (Å²) in [7, 11) is 0. The Hall–Kier alpha value is -3.15. The van der Waals surface area contributed by atoms with E-state index in [1.807, 2.05) is 36.5 Å². The van der Waals surface area contributed by atoms with Gasteiger partial charge in [-0.3, -0.25) is 14.8 Å². The molecule has 0 aliphatic heterocycles. The predicted molar refractivity (Wildman–Crippen MR) is 118 cm³/mol. The molecule has 2 N–H and O–H groups in total. The molecule has 0 radical (unpaired) electrons. The molecule has 0 aliphatic rings. The van der Waals surface area contributed by atoms with Crippen LogP contribution in [-0.2, 0) is 6.54 Å². The van der Waals surface area contributed by atoms with Crippen LogP contribution in [0.4, 0.5) is 11.4 Å². The van der Waals surface area contributed by atoms with Crippen LogP contribution in [0.5, 0.6) is 0 Å². The number of pyridine rings is 2. The van der Waals surface area contributed by atoms with E-state index in [9.17, 15) is 4.79 Å². The second-order valence-corrected chi connectivity index (χ2v) is 7.14. The maximum Gasteiger partial charge on any atom is 0.258 e. The lowest BCUT2D eigenvalue weighted by molar-refractivity contribution is 0.102. The molecule has 4 rings (SSSR count). The third-order valence-electron chi connectivity index (χ3n) is 4.41.